The zero-order valence-corrected chi connectivity index (χ0v) is 10.5. The topological polar surface area (TPSA) is 55.1 Å². The molecule has 2 rings (SSSR count). The molecule has 0 unspecified atom stereocenters. The average molecular weight is 253 g/mol. The highest BCUT2D eigenvalue weighted by molar-refractivity contribution is 6.30. The van der Waals surface area contributed by atoms with E-state index in [0.29, 0.717) is 17.5 Å². The summed E-state index contributed by atoms with van der Waals surface area (Å²) < 4.78 is 5.11. The van der Waals surface area contributed by atoms with Gasteiger partial charge in [-0.15, -0.1) is 0 Å². The maximum absolute atomic E-state index is 5.78. The molecule has 0 aromatic carbocycles. The van der Waals surface area contributed by atoms with Crippen LogP contribution in [0.3, 0.4) is 0 Å². The van der Waals surface area contributed by atoms with Gasteiger partial charge in [-0.1, -0.05) is 23.7 Å². The predicted molar refractivity (Wildman–Crippen MR) is 65.0 cm³/mol. The van der Waals surface area contributed by atoms with E-state index in [1.807, 2.05) is 24.9 Å². The standard InChI is InChI=1S/C11H13ClN4O/c1-3-9-14-11(17-15-9)7-16(2)10-5-4-8(12)6-13-10/h4-6H,3,7H2,1-2H3. The summed E-state index contributed by atoms with van der Waals surface area (Å²) in [5.74, 6) is 2.12. The summed E-state index contributed by atoms with van der Waals surface area (Å²) in [7, 11) is 1.91. The van der Waals surface area contributed by atoms with Crippen molar-refractivity contribution in [2.45, 2.75) is 19.9 Å². The van der Waals surface area contributed by atoms with E-state index in [1.165, 1.54) is 0 Å². The Bertz CT molecular complexity index is 482. The Hall–Kier alpha value is -1.62. The molecule has 0 atom stereocenters. The summed E-state index contributed by atoms with van der Waals surface area (Å²) in [6.07, 6.45) is 2.38. The fraction of sp³-hybridized carbons (Fsp3) is 0.364. The van der Waals surface area contributed by atoms with Crippen molar-refractivity contribution >= 4 is 17.4 Å². The van der Waals surface area contributed by atoms with Crippen LogP contribution in [0, 0.1) is 0 Å². The van der Waals surface area contributed by atoms with Crippen LogP contribution in [-0.4, -0.2) is 22.2 Å². The second-order valence-electron chi connectivity index (χ2n) is 3.65. The molecule has 2 aromatic heterocycles. The molecule has 0 amide bonds. The van der Waals surface area contributed by atoms with Crippen LogP contribution in [0.4, 0.5) is 5.82 Å². The van der Waals surface area contributed by atoms with Crippen molar-refractivity contribution in [2.75, 3.05) is 11.9 Å². The lowest BCUT2D eigenvalue weighted by Crippen LogP contribution is -2.17. The highest BCUT2D eigenvalue weighted by Crippen LogP contribution is 2.14. The van der Waals surface area contributed by atoms with Gasteiger partial charge in [0.15, 0.2) is 5.82 Å². The summed E-state index contributed by atoms with van der Waals surface area (Å²) in [6, 6.07) is 3.64. The van der Waals surface area contributed by atoms with Gasteiger partial charge in [0.2, 0.25) is 5.89 Å². The molecule has 0 N–H and O–H groups in total. The molecule has 0 bridgehead atoms. The third-order valence-electron chi connectivity index (χ3n) is 2.30. The van der Waals surface area contributed by atoms with Gasteiger partial charge in [0.1, 0.15) is 5.82 Å². The second-order valence-corrected chi connectivity index (χ2v) is 4.09. The lowest BCUT2D eigenvalue weighted by atomic mass is 10.4. The Kier molecular flexibility index (Phi) is 3.58. The Morgan fingerprint density at radius 2 is 2.24 bits per heavy atom. The van der Waals surface area contributed by atoms with E-state index in [-0.39, 0.29) is 0 Å². The number of hydrogen-bond acceptors (Lipinski definition) is 5. The summed E-state index contributed by atoms with van der Waals surface area (Å²) in [5.41, 5.74) is 0. The van der Waals surface area contributed by atoms with E-state index in [9.17, 15) is 0 Å². The normalized spacial score (nSPS) is 10.5. The molecule has 0 saturated heterocycles. The first kappa shape index (κ1) is 11.9. The van der Waals surface area contributed by atoms with Crippen LogP contribution in [0.2, 0.25) is 5.02 Å². The van der Waals surface area contributed by atoms with E-state index in [4.69, 9.17) is 16.1 Å². The lowest BCUT2D eigenvalue weighted by Gasteiger charge is -2.15. The monoisotopic (exact) mass is 252 g/mol. The molecule has 2 aromatic rings. The van der Waals surface area contributed by atoms with Gasteiger partial charge in [-0.3, -0.25) is 0 Å². The van der Waals surface area contributed by atoms with Crippen molar-refractivity contribution in [3.63, 3.8) is 0 Å². The van der Waals surface area contributed by atoms with E-state index in [0.717, 1.165) is 18.1 Å². The van der Waals surface area contributed by atoms with Crippen molar-refractivity contribution < 1.29 is 4.52 Å². The highest BCUT2D eigenvalue weighted by Gasteiger charge is 2.09. The van der Waals surface area contributed by atoms with Crippen molar-refractivity contribution in [2.24, 2.45) is 0 Å². The minimum absolute atomic E-state index is 0.529. The molecule has 5 nitrogen and oxygen atoms in total. The van der Waals surface area contributed by atoms with E-state index >= 15 is 0 Å². The third-order valence-corrected chi connectivity index (χ3v) is 2.53. The summed E-state index contributed by atoms with van der Waals surface area (Å²) in [6.45, 7) is 2.51. The van der Waals surface area contributed by atoms with Crippen molar-refractivity contribution in [1.29, 1.82) is 0 Å². The van der Waals surface area contributed by atoms with Gasteiger partial charge in [0.25, 0.3) is 0 Å². The fourth-order valence-corrected chi connectivity index (χ4v) is 1.49. The first-order valence-corrected chi connectivity index (χ1v) is 5.71. The van der Waals surface area contributed by atoms with Crippen molar-refractivity contribution in [3.05, 3.63) is 35.1 Å². The molecule has 0 fully saturated rings. The Morgan fingerprint density at radius 1 is 1.41 bits per heavy atom. The molecule has 0 aliphatic heterocycles. The molecule has 90 valence electrons. The van der Waals surface area contributed by atoms with Crippen molar-refractivity contribution in [1.82, 2.24) is 15.1 Å². The third kappa shape index (κ3) is 2.94. The quantitative estimate of drug-likeness (QED) is 0.836. The molecular weight excluding hydrogens is 240 g/mol. The molecule has 0 aliphatic rings. The molecule has 17 heavy (non-hydrogen) atoms. The maximum atomic E-state index is 5.78. The Morgan fingerprint density at radius 3 is 2.82 bits per heavy atom. The first-order chi connectivity index (χ1) is 8.19. The van der Waals surface area contributed by atoms with Gasteiger partial charge >= 0.3 is 0 Å². The highest BCUT2D eigenvalue weighted by atomic mass is 35.5. The fourth-order valence-electron chi connectivity index (χ4n) is 1.38. The van der Waals surface area contributed by atoms with Gasteiger partial charge in [-0.05, 0) is 12.1 Å². The van der Waals surface area contributed by atoms with Gasteiger partial charge in [0.05, 0.1) is 11.6 Å². The molecule has 2 heterocycles. The number of aromatic nitrogens is 3. The molecule has 6 heteroatoms. The minimum Gasteiger partial charge on any atom is -0.350 e. The molecule has 0 aliphatic carbocycles. The predicted octanol–water partition coefficient (Wildman–Crippen LogP) is 2.32. The zero-order chi connectivity index (χ0) is 12.3. The van der Waals surface area contributed by atoms with Crippen LogP contribution >= 0.6 is 11.6 Å². The van der Waals surface area contributed by atoms with E-state index in [1.54, 1.807) is 12.3 Å². The number of halogens is 1. The first-order valence-electron chi connectivity index (χ1n) is 5.33. The zero-order valence-electron chi connectivity index (χ0n) is 9.72. The van der Waals surface area contributed by atoms with Gasteiger partial charge in [-0.25, -0.2) is 4.98 Å². The summed E-state index contributed by atoms with van der Waals surface area (Å²) >= 11 is 5.78. The van der Waals surface area contributed by atoms with Crippen LogP contribution in [-0.2, 0) is 13.0 Å². The smallest absolute Gasteiger partial charge is 0.246 e. The lowest BCUT2D eigenvalue weighted by molar-refractivity contribution is 0.373. The summed E-state index contributed by atoms with van der Waals surface area (Å²) in [5, 5.41) is 4.46. The molecule has 0 radical (unpaired) electrons. The Balaban J connectivity index is 2.05. The van der Waals surface area contributed by atoms with Crippen LogP contribution in [0.5, 0.6) is 0 Å². The number of aryl methyl sites for hydroxylation is 1. The number of nitrogens with zero attached hydrogens (tertiary/aromatic N) is 4. The summed E-state index contributed by atoms with van der Waals surface area (Å²) in [4.78, 5) is 10.4. The molecule has 0 saturated carbocycles. The van der Waals surface area contributed by atoms with Crippen molar-refractivity contribution in [3.8, 4) is 0 Å². The van der Waals surface area contributed by atoms with Gasteiger partial charge in [-0.2, -0.15) is 4.98 Å². The maximum Gasteiger partial charge on any atom is 0.246 e. The minimum atomic E-state index is 0.529. The van der Waals surface area contributed by atoms with Crippen LogP contribution in [0.1, 0.15) is 18.6 Å². The SMILES string of the molecule is CCc1noc(CN(C)c2ccc(Cl)cn2)n1. The average Bonchev–Trinajstić information content (AvgIpc) is 2.77. The van der Waals surface area contributed by atoms with Crippen LogP contribution in [0.15, 0.2) is 22.9 Å². The Labute approximate surface area is 104 Å². The number of rotatable bonds is 4. The van der Waals surface area contributed by atoms with Gasteiger partial charge in [0, 0.05) is 19.7 Å². The largest absolute Gasteiger partial charge is 0.350 e. The van der Waals surface area contributed by atoms with Gasteiger partial charge < -0.3 is 9.42 Å². The van der Waals surface area contributed by atoms with Crippen LogP contribution in [0.25, 0.3) is 0 Å². The van der Waals surface area contributed by atoms with E-state index in [2.05, 4.69) is 15.1 Å². The van der Waals surface area contributed by atoms with Crippen LogP contribution < -0.4 is 4.90 Å². The number of hydrogen-bond donors (Lipinski definition) is 0. The molecular formula is C11H13ClN4O. The van der Waals surface area contributed by atoms with E-state index < -0.39 is 0 Å². The number of anilines is 1. The second kappa shape index (κ2) is 5.14. The number of pyridine rings is 1. The molecule has 0 spiro atoms.